The van der Waals surface area contributed by atoms with E-state index in [9.17, 15) is 19.8 Å². The number of carboxylic acids is 2. The molecule has 0 N–H and O–H groups in total. The minimum absolute atomic E-state index is 0. The Labute approximate surface area is 139 Å². The Morgan fingerprint density at radius 1 is 0.842 bits per heavy atom. The van der Waals surface area contributed by atoms with Crippen molar-refractivity contribution in [3.8, 4) is 0 Å². The molecule has 5 nitrogen and oxygen atoms in total. The van der Waals surface area contributed by atoms with E-state index in [1.165, 1.54) is 24.2 Å². The van der Waals surface area contributed by atoms with Gasteiger partial charge in [0.15, 0.2) is 0 Å². The van der Waals surface area contributed by atoms with Crippen LogP contribution in [0.15, 0.2) is 0 Å². The van der Waals surface area contributed by atoms with Crippen molar-refractivity contribution in [2.45, 2.75) is 45.4 Å². The molecule has 0 bridgehead atoms. The van der Waals surface area contributed by atoms with Crippen LogP contribution in [0.4, 0.5) is 0 Å². The molecule has 0 aromatic carbocycles. The molecule has 19 heavy (non-hydrogen) atoms. The van der Waals surface area contributed by atoms with Crippen molar-refractivity contribution in [2.75, 3.05) is 19.6 Å². The van der Waals surface area contributed by atoms with Gasteiger partial charge >= 0.3 is 37.7 Å². The molecule has 0 saturated carbocycles. The van der Waals surface area contributed by atoms with Gasteiger partial charge < -0.3 is 19.8 Å². The van der Waals surface area contributed by atoms with Crippen molar-refractivity contribution in [3.05, 3.63) is 0 Å². The van der Waals surface area contributed by atoms with E-state index in [0.717, 1.165) is 19.3 Å². The van der Waals surface area contributed by atoms with Crippen LogP contribution in [0.2, 0.25) is 0 Å². The van der Waals surface area contributed by atoms with Crippen LogP contribution in [0.3, 0.4) is 0 Å². The molecule has 0 unspecified atom stereocenters. The first-order valence-corrected chi connectivity index (χ1v) is 6.18. The predicted octanol–water partition coefficient (Wildman–Crippen LogP) is -6.84. The Hall–Kier alpha value is 0.0948. The molecule has 0 atom stereocenters. The smallest absolute Gasteiger partial charge is 0.549 e. The second kappa shape index (κ2) is 16.2. The van der Waals surface area contributed by atoms with Gasteiger partial charge in [0.05, 0.1) is 11.9 Å². The summed E-state index contributed by atoms with van der Waals surface area (Å²) in [6.07, 6.45) is 6.49. The van der Waals surface area contributed by atoms with Crippen LogP contribution >= 0.6 is 0 Å². The molecule has 0 heterocycles. The fourth-order valence-electron chi connectivity index (χ4n) is 1.69. The number of carbonyl (C=O) groups excluding carboxylic acids is 2. The molecule has 0 radical (unpaired) electrons. The van der Waals surface area contributed by atoms with Gasteiger partial charge in [-0.3, -0.25) is 4.90 Å². The molecular formula is C12H21Li2NO4. The molecule has 0 saturated heterocycles. The van der Waals surface area contributed by atoms with Crippen molar-refractivity contribution in [3.63, 3.8) is 0 Å². The number of aliphatic carboxylic acids is 2. The number of hydrogen-bond donors (Lipinski definition) is 0. The van der Waals surface area contributed by atoms with Gasteiger partial charge in [-0.25, -0.2) is 0 Å². The summed E-state index contributed by atoms with van der Waals surface area (Å²) in [4.78, 5) is 22.1. The molecule has 0 aliphatic heterocycles. The van der Waals surface area contributed by atoms with Gasteiger partial charge in [0.1, 0.15) is 0 Å². The third kappa shape index (κ3) is 18.1. The SMILES string of the molecule is CCCCCCCCN(CC(=O)[O-])CC(=O)[O-].[Li+].[Li+]. The topological polar surface area (TPSA) is 83.5 Å². The maximum Gasteiger partial charge on any atom is 1.00 e. The summed E-state index contributed by atoms with van der Waals surface area (Å²) in [6, 6.07) is 0. The monoisotopic (exact) mass is 257 g/mol. The van der Waals surface area contributed by atoms with Crippen molar-refractivity contribution in [1.82, 2.24) is 4.90 Å². The van der Waals surface area contributed by atoms with Gasteiger partial charge in [0.2, 0.25) is 0 Å². The Balaban J connectivity index is -0.00000128. The van der Waals surface area contributed by atoms with Crippen molar-refractivity contribution >= 4 is 11.9 Å². The quantitative estimate of drug-likeness (QED) is 0.271. The second-order valence-electron chi connectivity index (χ2n) is 4.22. The number of hydrogen-bond acceptors (Lipinski definition) is 5. The van der Waals surface area contributed by atoms with E-state index in [2.05, 4.69) is 6.92 Å². The molecule has 0 aromatic rings. The minimum atomic E-state index is -1.25. The van der Waals surface area contributed by atoms with Gasteiger partial charge in [0.25, 0.3) is 0 Å². The van der Waals surface area contributed by atoms with Gasteiger partial charge in [-0.1, -0.05) is 39.0 Å². The zero-order valence-electron chi connectivity index (χ0n) is 12.4. The van der Waals surface area contributed by atoms with Crippen LogP contribution in [0.1, 0.15) is 45.4 Å². The summed E-state index contributed by atoms with van der Waals surface area (Å²) in [6.45, 7) is 1.92. The van der Waals surface area contributed by atoms with Crippen LogP contribution in [-0.2, 0) is 9.59 Å². The van der Waals surface area contributed by atoms with Crippen LogP contribution < -0.4 is 47.9 Å². The van der Waals surface area contributed by atoms with E-state index in [1.54, 1.807) is 0 Å². The van der Waals surface area contributed by atoms with Gasteiger partial charge in [-0.2, -0.15) is 0 Å². The van der Waals surface area contributed by atoms with Gasteiger partial charge in [0, 0.05) is 13.1 Å². The van der Waals surface area contributed by atoms with Crippen LogP contribution in [0.25, 0.3) is 0 Å². The van der Waals surface area contributed by atoms with E-state index in [4.69, 9.17) is 0 Å². The van der Waals surface area contributed by atoms with E-state index in [0.29, 0.717) is 6.54 Å². The normalized spacial score (nSPS) is 9.58. The summed E-state index contributed by atoms with van der Waals surface area (Å²) in [7, 11) is 0. The molecule has 0 spiro atoms. The van der Waals surface area contributed by atoms with E-state index >= 15 is 0 Å². The molecule has 0 aliphatic carbocycles. The number of nitrogens with zero attached hydrogens (tertiary/aromatic N) is 1. The first-order valence-electron chi connectivity index (χ1n) is 6.18. The summed E-state index contributed by atoms with van der Waals surface area (Å²) >= 11 is 0. The average Bonchev–Trinajstić information content (AvgIpc) is 2.21. The molecular weight excluding hydrogens is 236 g/mol. The standard InChI is InChI=1S/C12H23NO4.2Li/c1-2-3-4-5-6-7-8-13(9-11(14)15)10-12(16)17;;/h2-10H2,1H3,(H,14,15)(H,16,17);;/q;2*+1/p-2. The molecule has 100 valence electrons. The van der Waals surface area contributed by atoms with Gasteiger partial charge in [-0.05, 0) is 13.0 Å². The predicted molar refractivity (Wildman–Crippen MR) is 59.8 cm³/mol. The third-order valence-corrected chi connectivity index (χ3v) is 2.53. The number of unbranched alkanes of at least 4 members (excludes halogenated alkanes) is 5. The average molecular weight is 257 g/mol. The maximum absolute atomic E-state index is 10.4. The molecule has 7 heteroatoms. The van der Waals surface area contributed by atoms with Crippen LogP contribution in [-0.4, -0.2) is 36.5 Å². The summed E-state index contributed by atoms with van der Waals surface area (Å²) in [5.74, 6) is -2.51. The second-order valence-corrected chi connectivity index (χ2v) is 4.22. The molecule has 0 aromatic heterocycles. The minimum Gasteiger partial charge on any atom is -0.549 e. The van der Waals surface area contributed by atoms with Crippen LogP contribution in [0, 0.1) is 0 Å². The molecule has 0 amide bonds. The fraction of sp³-hybridized carbons (Fsp3) is 0.833. The Morgan fingerprint density at radius 2 is 1.26 bits per heavy atom. The Bertz CT molecular complexity index is 224. The number of carbonyl (C=O) groups is 2. The van der Waals surface area contributed by atoms with E-state index in [1.807, 2.05) is 0 Å². The van der Waals surface area contributed by atoms with Crippen molar-refractivity contribution < 1.29 is 57.5 Å². The number of rotatable bonds is 11. The van der Waals surface area contributed by atoms with Crippen molar-refractivity contribution in [1.29, 1.82) is 0 Å². The molecule has 0 aliphatic rings. The molecule has 0 fully saturated rings. The third-order valence-electron chi connectivity index (χ3n) is 2.53. The Morgan fingerprint density at radius 3 is 1.68 bits per heavy atom. The summed E-state index contributed by atoms with van der Waals surface area (Å²) < 4.78 is 0. The first kappa shape index (κ1) is 24.1. The van der Waals surface area contributed by atoms with E-state index < -0.39 is 11.9 Å². The van der Waals surface area contributed by atoms with E-state index in [-0.39, 0.29) is 50.8 Å². The fourth-order valence-corrected chi connectivity index (χ4v) is 1.69. The summed E-state index contributed by atoms with van der Waals surface area (Å²) in [5, 5.41) is 20.8. The summed E-state index contributed by atoms with van der Waals surface area (Å²) in [5.41, 5.74) is 0. The Kier molecular flexibility index (Phi) is 20.5. The zero-order chi connectivity index (χ0) is 13.1. The first-order chi connectivity index (χ1) is 8.06. The zero-order valence-corrected chi connectivity index (χ0v) is 12.4. The largest absolute Gasteiger partial charge is 1.00 e. The molecule has 0 rings (SSSR count). The van der Waals surface area contributed by atoms with Gasteiger partial charge in [-0.15, -0.1) is 0 Å². The van der Waals surface area contributed by atoms with Crippen molar-refractivity contribution in [2.24, 2.45) is 0 Å². The maximum atomic E-state index is 10.4. The number of carboxylic acid groups (broad SMARTS) is 2. The van der Waals surface area contributed by atoms with Crippen LogP contribution in [0.5, 0.6) is 0 Å².